The summed E-state index contributed by atoms with van der Waals surface area (Å²) in [6.45, 7) is 2.96. The zero-order valence-corrected chi connectivity index (χ0v) is 16.4. The predicted molar refractivity (Wildman–Crippen MR) is 105 cm³/mol. The van der Waals surface area contributed by atoms with Crippen LogP contribution in [0.15, 0.2) is 14.6 Å². The predicted octanol–water partition coefficient (Wildman–Crippen LogP) is 2.14. The van der Waals surface area contributed by atoms with Crippen LogP contribution in [0.1, 0.15) is 57.4 Å². The maximum Gasteiger partial charge on any atom is 0.332 e. The van der Waals surface area contributed by atoms with Gasteiger partial charge in [-0.05, 0) is 38.0 Å². The molecule has 7 heteroatoms. The van der Waals surface area contributed by atoms with Gasteiger partial charge in [0.2, 0.25) is 0 Å². The first-order valence-corrected chi connectivity index (χ1v) is 10.2. The van der Waals surface area contributed by atoms with E-state index in [-0.39, 0.29) is 30.3 Å². The van der Waals surface area contributed by atoms with E-state index >= 15 is 0 Å². The Morgan fingerprint density at radius 1 is 1.26 bits per heavy atom. The Morgan fingerprint density at radius 2 is 2.00 bits per heavy atom. The molecule has 1 saturated carbocycles. The summed E-state index contributed by atoms with van der Waals surface area (Å²) < 4.78 is 8.77. The molecule has 1 aromatic heterocycles. The summed E-state index contributed by atoms with van der Waals surface area (Å²) in [5.41, 5.74) is -0.0806. The SMILES string of the molecule is CCCC1Cc2c(n(C)c(=O)n(CCCO)c2=O)N=C1OCC1CCCC1. The zero-order chi connectivity index (χ0) is 19.4. The van der Waals surface area contributed by atoms with Crippen LogP contribution < -0.4 is 11.2 Å². The first-order chi connectivity index (χ1) is 13.1. The highest BCUT2D eigenvalue weighted by molar-refractivity contribution is 5.83. The molecule has 1 unspecified atom stereocenters. The number of rotatable bonds is 7. The van der Waals surface area contributed by atoms with Crippen LogP contribution in [0, 0.1) is 11.8 Å². The monoisotopic (exact) mass is 377 g/mol. The minimum absolute atomic E-state index is 0.0531. The Kier molecular flexibility index (Phi) is 6.52. The fourth-order valence-electron chi connectivity index (χ4n) is 4.20. The van der Waals surface area contributed by atoms with Crippen LogP contribution in [0.3, 0.4) is 0 Å². The van der Waals surface area contributed by atoms with Crippen molar-refractivity contribution in [3.63, 3.8) is 0 Å². The summed E-state index contributed by atoms with van der Waals surface area (Å²) in [4.78, 5) is 30.1. The maximum atomic E-state index is 12.9. The lowest BCUT2D eigenvalue weighted by molar-refractivity contribution is 0.220. The van der Waals surface area contributed by atoms with E-state index in [1.54, 1.807) is 7.05 Å². The second kappa shape index (κ2) is 8.87. The smallest absolute Gasteiger partial charge is 0.332 e. The summed E-state index contributed by atoms with van der Waals surface area (Å²) in [6.07, 6.45) is 7.77. The fourth-order valence-corrected chi connectivity index (χ4v) is 4.20. The van der Waals surface area contributed by atoms with Crippen molar-refractivity contribution in [3.8, 4) is 0 Å². The molecule has 0 saturated heterocycles. The van der Waals surface area contributed by atoms with Crippen molar-refractivity contribution in [2.24, 2.45) is 23.9 Å². The Morgan fingerprint density at radius 3 is 2.67 bits per heavy atom. The van der Waals surface area contributed by atoms with Crippen molar-refractivity contribution in [2.75, 3.05) is 13.2 Å². The average Bonchev–Trinajstić information content (AvgIpc) is 3.19. The third kappa shape index (κ3) is 4.18. The lowest BCUT2D eigenvalue weighted by Gasteiger charge is -2.26. The van der Waals surface area contributed by atoms with Crippen LogP contribution in [0.25, 0.3) is 0 Å². The van der Waals surface area contributed by atoms with Gasteiger partial charge in [-0.3, -0.25) is 13.9 Å². The highest BCUT2D eigenvalue weighted by Crippen LogP contribution is 2.30. The van der Waals surface area contributed by atoms with Gasteiger partial charge in [-0.25, -0.2) is 4.79 Å². The van der Waals surface area contributed by atoms with Gasteiger partial charge in [-0.2, -0.15) is 4.99 Å². The van der Waals surface area contributed by atoms with Gasteiger partial charge in [0.1, 0.15) is 5.82 Å². The minimum atomic E-state index is -0.389. The second-order valence-electron chi connectivity index (χ2n) is 7.78. The van der Waals surface area contributed by atoms with Gasteiger partial charge >= 0.3 is 5.69 Å². The lowest BCUT2D eigenvalue weighted by atomic mass is 9.93. The van der Waals surface area contributed by atoms with E-state index in [0.29, 0.717) is 42.6 Å². The third-order valence-corrected chi connectivity index (χ3v) is 5.74. The molecule has 0 spiro atoms. The van der Waals surface area contributed by atoms with Crippen molar-refractivity contribution < 1.29 is 9.84 Å². The Bertz CT molecular complexity index is 803. The van der Waals surface area contributed by atoms with E-state index in [9.17, 15) is 9.59 Å². The highest BCUT2D eigenvalue weighted by Gasteiger charge is 2.30. The molecule has 1 aromatic rings. The van der Waals surface area contributed by atoms with E-state index in [1.807, 2.05) is 0 Å². The van der Waals surface area contributed by atoms with Gasteiger partial charge in [0, 0.05) is 26.1 Å². The van der Waals surface area contributed by atoms with Crippen molar-refractivity contribution in [3.05, 3.63) is 26.4 Å². The minimum Gasteiger partial charge on any atom is -0.480 e. The molecule has 1 N–H and O–H groups in total. The Balaban J connectivity index is 1.94. The topological polar surface area (TPSA) is 85.8 Å². The molecule has 1 fully saturated rings. The molecular formula is C20H31N3O4. The molecule has 0 radical (unpaired) electrons. The summed E-state index contributed by atoms with van der Waals surface area (Å²) >= 11 is 0. The van der Waals surface area contributed by atoms with Gasteiger partial charge in [0.25, 0.3) is 5.56 Å². The molecule has 1 atom stereocenters. The first kappa shape index (κ1) is 19.9. The molecular weight excluding hydrogens is 346 g/mol. The normalized spacial score (nSPS) is 19.8. The quantitative estimate of drug-likeness (QED) is 0.789. The van der Waals surface area contributed by atoms with Crippen molar-refractivity contribution in [1.82, 2.24) is 9.13 Å². The number of aliphatic hydroxyl groups is 1. The number of ether oxygens (including phenoxy) is 1. The molecule has 0 aromatic carbocycles. The van der Waals surface area contributed by atoms with Crippen LogP contribution in [-0.4, -0.2) is 33.4 Å². The van der Waals surface area contributed by atoms with Crippen molar-refractivity contribution in [1.29, 1.82) is 0 Å². The largest absolute Gasteiger partial charge is 0.480 e. The third-order valence-electron chi connectivity index (χ3n) is 5.74. The zero-order valence-electron chi connectivity index (χ0n) is 16.4. The number of fused-ring (bicyclic) bond motifs is 1. The number of aliphatic hydroxyl groups excluding tert-OH is 1. The summed E-state index contributed by atoms with van der Waals surface area (Å²) in [5.74, 6) is 1.78. The molecule has 1 aliphatic heterocycles. The molecule has 1 aliphatic carbocycles. The van der Waals surface area contributed by atoms with Crippen LogP contribution in [0.4, 0.5) is 5.82 Å². The Hall–Kier alpha value is -1.89. The molecule has 0 bridgehead atoms. The van der Waals surface area contributed by atoms with Crippen LogP contribution in [0.5, 0.6) is 0 Å². The molecule has 150 valence electrons. The standard InChI is InChI=1S/C20H31N3O4/c1-3-7-15-12-16-17(21-18(15)27-13-14-8-4-5-9-14)22(2)20(26)23(19(16)25)10-6-11-24/h14-15,24H,3-13H2,1-2H3. The van der Waals surface area contributed by atoms with E-state index in [2.05, 4.69) is 11.9 Å². The van der Waals surface area contributed by atoms with Gasteiger partial charge in [-0.15, -0.1) is 0 Å². The van der Waals surface area contributed by atoms with Crippen LogP contribution >= 0.6 is 0 Å². The lowest BCUT2D eigenvalue weighted by Crippen LogP contribution is -2.43. The molecule has 27 heavy (non-hydrogen) atoms. The van der Waals surface area contributed by atoms with Gasteiger partial charge in [-0.1, -0.05) is 26.2 Å². The summed E-state index contributed by atoms with van der Waals surface area (Å²) in [7, 11) is 1.65. The van der Waals surface area contributed by atoms with E-state index in [0.717, 1.165) is 12.8 Å². The average molecular weight is 377 g/mol. The molecule has 2 heterocycles. The molecule has 2 aliphatic rings. The first-order valence-electron chi connectivity index (χ1n) is 10.2. The summed E-state index contributed by atoms with van der Waals surface area (Å²) in [5, 5.41) is 9.05. The number of hydrogen-bond donors (Lipinski definition) is 1. The highest BCUT2D eigenvalue weighted by atomic mass is 16.5. The number of aliphatic imine (C=N–C) groups is 1. The summed E-state index contributed by atoms with van der Waals surface area (Å²) in [6, 6.07) is 0. The number of aromatic nitrogens is 2. The van der Waals surface area contributed by atoms with Crippen LogP contribution in [0.2, 0.25) is 0 Å². The molecule has 0 amide bonds. The number of hydrogen-bond acceptors (Lipinski definition) is 5. The van der Waals surface area contributed by atoms with E-state index in [1.165, 1.54) is 34.8 Å². The second-order valence-corrected chi connectivity index (χ2v) is 7.78. The maximum absolute atomic E-state index is 12.9. The fraction of sp³-hybridized carbons (Fsp3) is 0.750. The van der Waals surface area contributed by atoms with E-state index in [4.69, 9.17) is 9.84 Å². The Labute approximate surface area is 159 Å². The number of nitrogens with zero attached hydrogens (tertiary/aromatic N) is 3. The van der Waals surface area contributed by atoms with Gasteiger partial charge < -0.3 is 9.84 Å². The van der Waals surface area contributed by atoms with Gasteiger partial charge in [0.05, 0.1) is 12.2 Å². The van der Waals surface area contributed by atoms with E-state index < -0.39 is 0 Å². The van der Waals surface area contributed by atoms with Gasteiger partial charge in [0.15, 0.2) is 5.90 Å². The van der Waals surface area contributed by atoms with Crippen LogP contribution in [-0.2, 0) is 24.8 Å². The molecule has 7 nitrogen and oxygen atoms in total. The molecule has 3 rings (SSSR count). The van der Waals surface area contributed by atoms with Crippen molar-refractivity contribution in [2.45, 2.75) is 64.8 Å². The van der Waals surface area contributed by atoms with Crippen molar-refractivity contribution >= 4 is 11.7 Å².